The zero-order valence-electron chi connectivity index (χ0n) is 16.0. The number of carbonyl (C=O) groups is 1. The van der Waals surface area contributed by atoms with Crippen LogP contribution in [0.3, 0.4) is 0 Å². The number of piperidine rings is 1. The lowest BCUT2D eigenvalue weighted by atomic mass is 10.0. The molecule has 0 radical (unpaired) electrons. The van der Waals surface area contributed by atoms with E-state index in [-0.39, 0.29) is 18.6 Å². The smallest absolute Gasteiger partial charge is 0.252 e. The van der Waals surface area contributed by atoms with Crippen LogP contribution in [0.5, 0.6) is 0 Å². The maximum absolute atomic E-state index is 12.8. The fourth-order valence-electron chi connectivity index (χ4n) is 3.81. The van der Waals surface area contributed by atoms with E-state index in [0.29, 0.717) is 12.1 Å². The van der Waals surface area contributed by atoms with Crippen LogP contribution < -0.4 is 5.32 Å². The first-order valence-electron chi connectivity index (χ1n) is 9.52. The minimum atomic E-state index is -0.0543. The van der Waals surface area contributed by atoms with Crippen molar-refractivity contribution in [2.75, 3.05) is 26.2 Å². The number of amides is 1. The third kappa shape index (κ3) is 3.89. The number of carbonyl (C=O) groups excluding carboxylic acids is 1. The molecule has 3 rings (SSSR count). The summed E-state index contributed by atoms with van der Waals surface area (Å²) in [6.07, 6.45) is 3.38. The van der Waals surface area contributed by atoms with Gasteiger partial charge >= 0.3 is 0 Å². The molecule has 1 aromatic heterocycles. The summed E-state index contributed by atoms with van der Waals surface area (Å²) in [4.78, 5) is 19.7. The van der Waals surface area contributed by atoms with Crippen LogP contribution in [-0.4, -0.2) is 53.2 Å². The zero-order chi connectivity index (χ0) is 18.7. The Kier molecular flexibility index (Phi) is 5.89. The van der Waals surface area contributed by atoms with Gasteiger partial charge in [-0.05, 0) is 57.4 Å². The van der Waals surface area contributed by atoms with Gasteiger partial charge in [-0.2, -0.15) is 0 Å². The van der Waals surface area contributed by atoms with Gasteiger partial charge in [0.2, 0.25) is 0 Å². The van der Waals surface area contributed by atoms with E-state index >= 15 is 0 Å². The average molecular weight is 355 g/mol. The van der Waals surface area contributed by atoms with E-state index in [9.17, 15) is 9.90 Å². The summed E-state index contributed by atoms with van der Waals surface area (Å²) in [5.74, 6) is -0.0543. The van der Waals surface area contributed by atoms with Gasteiger partial charge in [0.1, 0.15) is 0 Å². The zero-order valence-corrected chi connectivity index (χ0v) is 16.0. The van der Waals surface area contributed by atoms with Crippen molar-refractivity contribution in [1.29, 1.82) is 0 Å². The number of aliphatic hydroxyl groups is 1. The second kappa shape index (κ2) is 8.14. The number of aliphatic hydroxyl groups excluding tert-OH is 1. The van der Waals surface area contributed by atoms with Crippen molar-refractivity contribution in [3.8, 4) is 0 Å². The highest BCUT2D eigenvalue weighted by atomic mass is 16.3. The van der Waals surface area contributed by atoms with E-state index in [1.165, 1.54) is 12.0 Å². The second-order valence-corrected chi connectivity index (χ2v) is 7.34. The van der Waals surface area contributed by atoms with Crippen LogP contribution in [-0.2, 0) is 0 Å². The molecule has 1 amide bonds. The molecule has 0 aliphatic carbocycles. The molecule has 26 heavy (non-hydrogen) atoms. The fourth-order valence-corrected chi connectivity index (χ4v) is 3.81. The van der Waals surface area contributed by atoms with Crippen LogP contribution >= 0.6 is 0 Å². The molecule has 0 saturated carbocycles. The maximum Gasteiger partial charge on any atom is 0.252 e. The molecule has 1 aliphatic heterocycles. The number of fused-ring (bicyclic) bond motifs is 1. The van der Waals surface area contributed by atoms with Crippen molar-refractivity contribution in [2.45, 2.75) is 46.1 Å². The van der Waals surface area contributed by atoms with E-state index < -0.39 is 0 Å². The number of rotatable bonds is 5. The molecule has 5 heteroatoms. The Balaban J connectivity index is 1.73. The Morgan fingerprint density at radius 3 is 2.88 bits per heavy atom. The highest BCUT2D eigenvalue weighted by Crippen LogP contribution is 2.24. The summed E-state index contributed by atoms with van der Waals surface area (Å²) in [6, 6.07) is 6.13. The van der Waals surface area contributed by atoms with Gasteiger partial charge in [-0.1, -0.05) is 18.6 Å². The average Bonchev–Trinajstić information content (AvgIpc) is 2.64. The van der Waals surface area contributed by atoms with Crippen LogP contribution in [0, 0.1) is 20.8 Å². The molecule has 2 aromatic rings. The number of hydrogen-bond acceptors (Lipinski definition) is 4. The van der Waals surface area contributed by atoms with Crippen LogP contribution in [0.15, 0.2) is 18.2 Å². The number of aromatic nitrogens is 1. The normalized spacial score (nSPS) is 18.2. The van der Waals surface area contributed by atoms with Gasteiger partial charge in [-0.25, -0.2) is 0 Å². The Morgan fingerprint density at radius 1 is 1.31 bits per heavy atom. The molecule has 2 heterocycles. The molecule has 0 spiro atoms. The number of nitrogens with zero attached hydrogens (tertiary/aromatic N) is 2. The maximum atomic E-state index is 12.8. The van der Waals surface area contributed by atoms with Gasteiger partial charge in [0.15, 0.2) is 0 Å². The first kappa shape index (κ1) is 18.8. The van der Waals surface area contributed by atoms with Crippen LogP contribution in [0.25, 0.3) is 10.9 Å². The molecular weight excluding hydrogens is 326 g/mol. The lowest BCUT2D eigenvalue weighted by molar-refractivity contribution is 0.0850. The lowest BCUT2D eigenvalue weighted by Crippen LogP contribution is -2.45. The summed E-state index contributed by atoms with van der Waals surface area (Å²) in [5.41, 5.74) is 4.76. The van der Waals surface area contributed by atoms with Gasteiger partial charge in [0.05, 0.1) is 17.7 Å². The molecule has 5 nitrogen and oxygen atoms in total. The molecule has 1 fully saturated rings. The first-order valence-corrected chi connectivity index (χ1v) is 9.52. The molecule has 1 saturated heterocycles. The van der Waals surface area contributed by atoms with Gasteiger partial charge in [0.25, 0.3) is 5.91 Å². The van der Waals surface area contributed by atoms with Crippen molar-refractivity contribution >= 4 is 16.8 Å². The summed E-state index contributed by atoms with van der Waals surface area (Å²) in [7, 11) is 0. The van der Waals surface area contributed by atoms with Crippen LogP contribution in [0.2, 0.25) is 0 Å². The molecule has 1 aliphatic rings. The predicted molar refractivity (Wildman–Crippen MR) is 105 cm³/mol. The molecule has 0 bridgehead atoms. The molecule has 0 unspecified atom stereocenters. The highest BCUT2D eigenvalue weighted by Gasteiger charge is 2.21. The van der Waals surface area contributed by atoms with Crippen molar-refractivity contribution in [2.24, 2.45) is 0 Å². The number of pyridine rings is 1. The predicted octanol–water partition coefficient (Wildman–Crippen LogP) is 2.74. The van der Waals surface area contributed by atoms with E-state index in [1.807, 2.05) is 25.1 Å². The Labute approximate surface area is 155 Å². The van der Waals surface area contributed by atoms with E-state index in [4.69, 9.17) is 0 Å². The molecule has 140 valence electrons. The van der Waals surface area contributed by atoms with Crippen LogP contribution in [0.1, 0.15) is 46.4 Å². The van der Waals surface area contributed by atoms with Crippen molar-refractivity contribution < 1.29 is 9.90 Å². The SMILES string of the molecule is Cc1cc(C(=O)NCCN2CCCC[C@H]2CO)c2ccc(C)c(C)c2n1. The quantitative estimate of drug-likeness (QED) is 0.866. The molecule has 2 N–H and O–H groups in total. The number of benzene rings is 1. The third-order valence-corrected chi connectivity index (χ3v) is 5.52. The number of hydrogen-bond donors (Lipinski definition) is 2. The minimum absolute atomic E-state index is 0.0543. The number of likely N-dealkylation sites (tertiary alicyclic amines) is 1. The number of nitrogens with one attached hydrogen (secondary N) is 1. The van der Waals surface area contributed by atoms with Crippen molar-refractivity contribution in [1.82, 2.24) is 15.2 Å². The van der Waals surface area contributed by atoms with Gasteiger partial charge < -0.3 is 10.4 Å². The Morgan fingerprint density at radius 2 is 2.12 bits per heavy atom. The summed E-state index contributed by atoms with van der Waals surface area (Å²) in [5, 5.41) is 13.5. The molecular formula is C21H29N3O2. The fraction of sp³-hybridized carbons (Fsp3) is 0.524. The second-order valence-electron chi connectivity index (χ2n) is 7.34. The molecule has 1 aromatic carbocycles. The lowest BCUT2D eigenvalue weighted by Gasteiger charge is -2.34. The Hall–Kier alpha value is -1.98. The van der Waals surface area contributed by atoms with Gasteiger partial charge in [-0.3, -0.25) is 14.7 Å². The van der Waals surface area contributed by atoms with E-state index in [0.717, 1.165) is 48.1 Å². The summed E-state index contributed by atoms with van der Waals surface area (Å²) in [6.45, 7) is 8.60. The summed E-state index contributed by atoms with van der Waals surface area (Å²) < 4.78 is 0. The van der Waals surface area contributed by atoms with Crippen LogP contribution in [0.4, 0.5) is 0 Å². The largest absolute Gasteiger partial charge is 0.395 e. The minimum Gasteiger partial charge on any atom is -0.395 e. The van der Waals surface area contributed by atoms with E-state index in [2.05, 4.69) is 29.0 Å². The standard InChI is InChI=1S/C21H29N3O2/c1-14-7-8-18-19(12-15(2)23-20(18)16(14)3)21(26)22-9-11-24-10-5-4-6-17(24)13-25/h7-8,12,17,25H,4-6,9-11,13H2,1-3H3,(H,22,26)/t17-/m0/s1. The summed E-state index contributed by atoms with van der Waals surface area (Å²) >= 11 is 0. The topological polar surface area (TPSA) is 65.5 Å². The third-order valence-electron chi connectivity index (χ3n) is 5.52. The monoisotopic (exact) mass is 355 g/mol. The highest BCUT2D eigenvalue weighted by molar-refractivity contribution is 6.07. The first-order chi connectivity index (χ1) is 12.5. The van der Waals surface area contributed by atoms with Crippen molar-refractivity contribution in [3.63, 3.8) is 0 Å². The molecule has 1 atom stereocenters. The van der Waals surface area contributed by atoms with Gasteiger partial charge in [0, 0.05) is 30.2 Å². The number of aryl methyl sites for hydroxylation is 3. The Bertz CT molecular complexity index is 803. The van der Waals surface area contributed by atoms with E-state index in [1.54, 1.807) is 0 Å². The van der Waals surface area contributed by atoms with Crippen molar-refractivity contribution in [3.05, 3.63) is 40.6 Å². The van der Waals surface area contributed by atoms with Gasteiger partial charge in [-0.15, -0.1) is 0 Å².